The predicted octanol–water partition coefficient (Wildman–Crippen LogP) is 2.38. The van der Waals surface area contributed by atoms with Crippen LogP contribution in [-0.4, -0.2) is 16.2 Å². The molecular weight excluding hydrogens is 244 g/mol. The van der Waals surface area contributed by atoms with E-state index in [9.17, 15) is 9.90 Å². The molecule has 0 spiro atoms. The lowest BCUT2D eigenvalue weighted by Crippen LogP contribution is -2.10. The number of aliphatic hydroxyl groups excluding tert-OH is 1. The van der Waals surface area contributed by atoms with Crippen molar-refractivity contribution in [2.24, 2.45) is 0 Å². The molecule has 0 aliphatic rings. The van der Waals surface area contributed by atoms with Crippen LogP contribution in [0, 0.1) is 0 Å². The van der Waals surface area contributed by atoms with Gasteiger partial charge in [-0.15, -0.1) is 0 Å². The molecule has 2 aromatic rings. The molecule has 0 heterocycles. The number of carboxylic acids is 1. The van der Waals surface area contributed by atoms with Crippen LogP contribution in [0.5, 0.6) is 5.75 Å². The monoisotopic (exact) mass is 258 g/mol. The molecule has 0 saturated carbocycles. The molecule has 2 N–H and O–H groups in total. The minimum Gasteiger partial charge on any atom is -0.489 e. The molecule has 19 heavy (non-hydrogen) atoms. The van der Waals surface area contributed by atoms with Crippen molar-refractivity contribution < 1.29 is 19.7 Å². The Labute approximate surface area is 110 Å². The number of hydrogen-bond donors (Lipinski definition) is 2. The number of hydrogen-bond acceptors (Lipinski definition) is 3. The maximum atomic E-state index is 10.6. The SMILES string of the molecule is O=C(O)[C@H](O)c1ccc(OCc2ccccc2)cc1. The molecule has 2 aromatic carbocycles. The molecule has 1 atom stereocenters. The zero-order valence-electron chi connectivity index (χ0n) is 10.2. The van der Waals surface area contributed by atoms with Crippen molar-refractivity contribution in [2.75, 3.05) is 0 Å². The number of ether oxygens (including phenoxy) is 1. The van der Waals surface area contributed by atoms with Gasteiger partial charge in [0.05, 0.1) is 0 Å². The zero-order chi connectivity index (χ0) is 13.7. The molecule has 0 saturated heterocycles. The second-order valence-electron chi connectivity index (χ2n) is 4.08. The Hall–Kier alpha value is -2.33. The quantitative estimate of drug-likeness (QED) is 0.864. The molecule has 0 radical (unpaired) electrons. The van der Waals surface area contributed by atoms with Crippen molar-refractivity contribution in [3.63, 3.8) is 0 Å². The number of aliphatic carboxylic acids is 1. The van der Waals surface area contributed by atoms with Gasteiger partial charge in [0.1, 0.15) is 12.4 Å². The van der Waals surface area contributed by atoms with Gasteiger partial charge >= 0.3 is 5.97 Å². The van der Waals surface area contributed by atoms with Gasteiger partial charge in [0.15, 0.2) is 6.10 Å². The van der Waals surface area contributed by atoms with E-state index in [1.807, 2.05) is 30.3 Å². The fourth-order valence-electron chi connectivity index (χ4n) is 1.63. The smallest absolute Gasteiger partial charge is 0.337 e. The highest BCUT2D eigenvalue weighted by molar-refractivity contribution is 5.74. The summed E-state index contributed by atoms with van der Waals surface area (Å²) >= 11 is 0. The van der Waals surface area contributed by atoms with E-state index < -0.39 is 12.1 Å². The lowest BCUT2D eigenvalue weighted by atomic mass is 10.1. The minimum atomic E-state index is -1.50. The lowest BCUT2D eigenvalue weighted by molar-refractivity contribution is -0.146. The maximum Gasteiger partial charge on any atom is 0.337 e. The minimum absolute atomic E-state index is 0.333. The van der Waals surface area contributed by atoms with Crippen LogP contribution in [0.1, 0.15) is 17.2 Å². The Morgan fingerprint density at radius 2 is 1.68 bits per heavy atom. The standard InChI is InChI=1S/C15H14O4/c16-14(15(17)18)12-6-8-13(9-7-12)19-10-11-4-2-1-3-5-11/h1-9,14,16H,10H2,(H,17,18)/t14-/m1/s1. The molecule has 0 aliphatic carbocycles. The van der Waals surface area contributed by atoms with Crippen LogP contribution in [0.3, 0.4) is 0 Å². The Morgan fingerprint density at radius 3 is 2.26 bits per heavy atom. The van der Waals surface area contributed by atoms with Crippen LogP contribution in [-0.2, 0) is 11.4 Å². The average molecular weight is 258 g/mol. The molecule has 0 amide bonds. The average Bonchev–Trinajstić information content (AvgIpc) is 2.46. The van der Waals surface area contributed by atoms with Crippen molar-refractivity contribution in [3.05, 3.63) is 65.7 Å². The normalized spacial score (nSPS) is 11.8. The van der Waals surface area contributed by atoms with Gasteiger partial charge in [-0.25, -0.2) is 4.79 Å². The fraction of sp³-hybridized carbons (Fsp3) is 0.133. The van der Waals surface area contributed by atoms with E-state index >= 15 is 0 Å². The van der Waals surface area contributed by atoms with Crippen LogP contribution in [0.2, 0.25) is 0 Å². The molecule has 2 rings (SSSR count). The topological polar surface area (TPSA) is 66.8 Å². The van der Waals surface area contributed by atoms with Crippen molar-refractivity contribution in [2.45, 2.75) is 12.7 Å². The van der Waals surface area contributed by atoms with Gasteiger partial charge in [-0.1, -0.05) is 42.5 Å². The third kappa shape index (κ3) is 3.56. The molecule has 4 heteroatoms. The summed E-state index contributed by atoms with van der Waals surface area (Å²) in [5.74, 6) is -0.636. The summed E-state index contributed by atoms with van der Waals surface area (Å²) in [6.07, 6.45) is -1.50. The Morgan fingerprint density at radius 1 is 1.05 bits per heavy atom. The largest absolute Gasteiger partial charge is 0.489 e. The number of carboxylic acid groups (broad SMARTS) is 1. The number of rotatable bonds is 5. The van der Waals surface area contributed by atoms with E-state index in [1.54, 1.807) is 24.3 Å². The molecule has 0 aliphatic heterocycles. The van der Waals surface area contributed by atoms with Gasteiger partial charge in [-0.3, -0.25) is 0 Å². The maximum absolute atomic E-state index is 10.6. The van der Waals surface area contributed by atoms with Crippen molar-refractivity contribution in [3.8, 4) is 5.75 Å². The second kappa shape index (κ2) is 6.02. The highest BCUT2D eigenvalue weighted by Crippen LogP contribution is 2.18. The predicted molar refractivity (Wildman–Crippen MR) is 69.8 cm³/mol. The lowest BCUT2D eigenvalue weighted by Gasteiger charge is -2.09. The molecule has 0 fully saturated rings. The van der Waals surface area contributed by atoms with E-state index in [0.29, 0.717) is 17.9 Å². The Bertz CT molecular complexity index is 534. The van der Waals surface area contributed by atoms with Gasteiger partial charge in [0.2, 0.25) is 0 Å². The Kier molecular flexibility index (Phi) is 4.15. The summed E-state index contributed by atoms with van der Waals surface area (Å²) in [7, 11) is 0. The third-order valence-corrected chi connectivity index (χ3v) is 2.68. The van der Waals surface area contributed by atoms with Crippen LogP contribution >= 0.6 is 0 Å². The first kappa shape index (κ1) is 13.1. The third-order valence-electron chi connectivity index (χ3n) is 2.68. The Balaban J connectivity index is 1.97. The first-order chi connectivity index (χ1) is 9.16. The fourth-order valence-corrected chi connectivity index (χ4v) is 1.63. The van der Waals surface area contributed by atoms with Gasteiger partial charge in [-0.2, -0.15) is 0 Å². The zero-order valence-corrected chi connectivity index (χ0v) is 10.2. The van der Waals surface area contributed by atoms with E-state index in [2.05, 4.69) is 0 Å². The first-order valence-corrected chi connectivity index (χ1v) is 5.84. The van der Waals surface area contributed by atoms with Gasteiger partial charge in [0.25, 0.3) is 0 Å². The van der Waals surface area contributed by atoms with Crippen molar-refractivity contribution >= 4 is 5.97 Å². The summed E-state index contributed by atoms with van der Waals surface area (Å²) in [6.45, 7) is 0.446. The number of aliphatic hydroxyl groups is 1. The summed E-state index contributed by atoms with van der Waals surface area (Å²) in [5, 5.41) is 18.0. The van der Waals surface area contributed by atoms with Crippen molar-refractivity contribution in [1.82, 2.24) is 0 Å². The molecule has 0 unspecified atom stereocenters. The summed E-state index contributed by atoms with van der Waals surface area (Å²) in [5.41, 5.74) is 1.39. The van der Waals surface area contributed by atoms with Crippen molar-refractivity contribution in [1.29, 1.82) is 0 Å². The van der Waals surface area contributed by atoms with Crippen LogP contribution in [0.25, 0.3) is 0 Å². The first-order valence-electron chi connectivity index (χ1n) is 5.84. The highest BCUT2D eigenvalue weighted by Gasteiger charge is 2.15. The molecule has 0 bridgehead atoms. The highest BCUT2D eigenvalue weighted by atomic mass is 16.5. The van der Waals surface area contributed by atoms with E-state index in [-0.39, 0.29) is 0 Å². The summed E-state index contributed by atoms with van der Waals surface area (Å²) in [4.78, 5) is 10.6. The van der Waals surface area contributed by atoms with Gasteiger partial charge in [-0.05, 0) is 23.3 Å². The molecule has 98 valence electrons. The van der Waals surface area contributed by atoms with E-state index in [0.717, 1.165) is 5.56 Å². The van der Waals surface area contributed by atoms with Crippen LogP contribution < -0.4 is 4.74 Å². The van der Waals surface area contributed by atoms with Crippen LogP contribution in [0.15, 0.2) is 54.6 Å². The van der Waals surface area contributed by atoms with E-state index in [4.69, 9.17) is 9.84 Å². The summed E-state index contributed by atoms with van der Waals surface area (Å²) in [6, 6.07) is 16.1. The number of carbonyl (C=O) groups is 1. The van der Waals surface area contributed by atoms with Crippen LogP contribution in [0.4, 0.5) is 0 Å². The van der Waals surface area contributed by atoms with Gasteiger partial charge < -0.3 is 14.9 Å². The van der Waals surface area contributed by atoms with Gasteiger partial charge in [0, 0.05) is 0 Å². The van der Waals surface area contributed by atoms with E-state index in [1.165, 1.54) is 0 Å². The second-order valence-corrected chi connectivity index (χ2v) is 4.08. The molecular formula is C15H14O4. The molecule has 4 nitrogen and oxygen atoms in total. The summed E-state index contributed by atoms with van der Waals surface area (Å²) < 4.78 is 5.56. The number of benzene rings is 2. The molecule has 0 aromatic heterocycles.